The number of rotatable bonds is 4. The van der Waals surface area contributed by atoms with Gasteiger partial charge in [0.1, 0.15) is 5.69 Å². The van der Waals surface area contributed by atoms with Crippen molar-refractivity contribution in [2.24, 2.45) is 0 Å². The molecule has 8 heteroatoms. The number of nitrogens with one attached hydrogen (secondary N) is 1. The van der Waals surface area contributed by atoms with Crippen molar-refractivity contribution in [3.63, 3.8) is 0 Å². The smallest absolute Gasteiger partial charge is 0.275 e. The van der Waals surface area contributed by atoms with Gasteiger partial charge in [-0.25, -0.2) is 4.98 Å². The number of carbonyl (C=O) groups excluding carboxylic acids is 1. The fraction of sp³-hybridized carbons (Fsp3) is 0.267. The van der Waals surface area contributed by atoms with Crippen molar-refractivity contribution in [2.45, 2.75) is 26.8 Å². The number of amides is 1. The Kier molecular flexibility index (Phi) is 4.52. The molecule has 23 heavy (non-hydrogen) atoms. The number of halogens is 1. The number of aryl methyl sites for hydroxylation is 1. The van der Waals surface area contributed by atoms with Gasteiger partial charge in [-0.3, -0.25) is 14.8 Å². The number of anilines is 1. The molecule has 0 spiro atoms. The minimum Gasteiger partial charge on any atom is -0.296 e. The highest BCUT2D eigenvalue weighted by Gasteiger charge is 2.17. The van der Waals surface area contributed by atoms with Crippen LogP contribution >= 0.6 is 34.3 Å². The maximum absolute atomic E-state index is 12.5. The number of nitrogens with zero attached hydrogens (tertiary/aromatic N) is 3. The van der Waals surface area contributed by atoms with Crippen LogP contribution in [0.25, 0.3) is 10.6 Å². The summed E-state index contributed by atoms with van der Waals surface area (Å²) in [6.07, 6.45) is 0. The van der Waals surface area contributed by atoms with Crippen LogP contribution in [-0.2, 0) is 0 Å². The third-order valence-electron chi connectivity index (χ3n) is 3.13. The van der Waals surface area contributed by atoms with Crippen molar-refractivity contribution in [3.8, 4) is 10.6 Å². The molecule has 120 valence electrons. The van der Waals surface area contributed by atoms with Crippen LogP contribution < -0.4 is 5.32 Å². The molecule has 0 aliphatic carbocycles. The van der Waals surface area contributed by atoms with E-state index in [4.69, 9.17) is 11.6 Å². The van der Waals surface area contributed by atoms with E-state index < -0.39 is 0 Å². The molecule has 3 rings (SSSR count). The Labute approximate surface area is 146 Å². The molecule has 0 unspecified atom stereocenters. The standard InChI is InChI=1S/C15H15ClN4OS2/c1-8(2)20-11(6-9(3)19-20)14(21)18-15-17-10(7-22-15)12-4-5-13(16)23-12/h4-8H,1-3H3,(H,17,18,21). The molecule has 0 aliphatic rings. The molecule has 0 aromatic carbocycles. The highest BCUT2D eigenvalue weighted by atomic mass is 35.5. The first kappa shape index (κ1) is 16.2. The second kappa shape index (κ2) is 6.43. The van der Waals surface area contributed by atoms with Crippen LogP contribution in [-0.4, -0.2) is 20.7 Å². The first-order valence-corrected chi connectivity index (χ1v) is 9.10. The van der Waals surface area contributed by atoms with Gasteiger partial charge in [-0.2, -0.15) is 5.10 Å². The van der Waals surface area contributed by atoms with E-state index in [1.165, 1.54) is 22.7 Å². The SMILES string of the molecule is Cc1cc(C(=O)Nc2nc(-c3ccc(Cl)s3)cs2)n(C(C)C)n1. The quantitative estimate of drug-likeness (QED) is 0.717. The first-order chi connectivity index (χ1) is 10.9. The zero-order chi connectivity index (χ0) is 16.6. The molecule has 0 aliphatic heterocycles. The van der Waals surface area contributed by atoms with Crippen LogP contribution in [0.15, 0.2) is 23.6 Å². The Hall–Kier alpha value is -1.70. The number of hydrogen-bond acceptors (Lipinski definition) is 5. The molecule has 0 bridgehead atoms. The summed E-state index contributed by atoms with van der Waals surface area (Å²) in [5, 5.41) is 9.66. The van der Waals surface area contributed by atoms with Gasteiger partial charge in [-0.05, 0) is 39.0 Å². The van der Waals surface area contributed by atoms with Crippen molar-refractivity contribution >= 4 is 45.3 Å². The highest BCUT2D eigenvalue weighted by molar-refractivity contribution is 7.20. The number of thiazole rings is 1. The predicted octanol–water partition coefficient (Wildman–Crippen LogP) is 4.86. The Morgan fingerprint density at radius 1 is 1.39 bits per heavy atom. The van der Waals surface area contributed by atoms with Crippen molar-refractivity contribution in [1.82, 2.24) is 14.8 Å². The molecule has 1 N–H and O–H groups in total. The average Bonchev–Trinajstić information content (AvgIpc) is 3.18. The third kappa shape index (κ3) is 3.46. The second-order valence-corrected chi connectivity index (χ2v) is 7.88. The summed E-state index contributed by atoms with van der Waals surface area (Å²) in [6, 6.07) is 5.65. The Balaban J connectivity index is 1.80. The molecule has 0 saturated carbocycles. The lowest BCUT2D eigenvalue weighted by atomic mass is 10.3. The Morgan fingerprint density at radius 3 is 2.83 bits per heavy atom. The lowest BCUT2D eigenvalue weighted by Gasteiger charge is -2.09. The molecule has 3 aromatic rings. The maximum Gasteiger partial charge on any atom is 0.275 e. The fourth-order valence-corrected chi connectivity index (χ4v) is 3.92. The molecule has 1 amide bonds. The summed E-state index contributed by atoms with van der Waals surface area (Å²) in [7, 11) is 0. The van der Waals surface area contributed by atoms with E-state index in [1.807, 2.05) is 38.3 Å². The summed E-state index contributed by atoms with van der Waals surface area (Å²) in [5.41, 5.74) is 2.17. The summed E-state index contributed by atoms with van der Waals surface area (Å²) < 4.78 is 2.44. The van der Waals surface area contributed by atoms with Crippen molar-refractivity contribution in [2.75, 3.05) is 5.32 Å². The molecular formula is C15H15ClN4OS2. The van der Waals surface area contributed by atoms with Crippen LogP contribution in [0.4, 0.5) is 5.13 Å². The Bertz CT molecular complexity index is 849. The van der Waals surface area contributed by atoms with Gasteiger partial charge in [0.25, 0.3) is 5.91 Å². The van der Waals surface area contributed by atoms with E-state index >= 15 is 0 Å². The molecule has 0 saturated heterocycles. The van der Waals surface area contributed by atoms with Crippen LogP contribution in [0.3, 0.4) is 0 Å². The molecule has 3 heterocycles. The van der Waals surface area contributed by atoms with E-state index in [9.17, 15) is 4.79 Å². The number of hydrogen-bond donors (Lipinski definition) is 1. The number of thiophene rings is 1. The van der Waals surface area contributed by atoms with Crippen molar-refractivity contribution in [3.05, 3.63) is 39.3 Å². The van der Waals surface area contributed by atoms with Crippen LogP contribution in [0, 0.1) is 6.92 Å². The van der Waals surface area contributed by atoms with E-state index in [-0.39, 0.29) is 11.9 Å². The summed E-state index contributed by atoms with van der Waals surface area (Å²) in [6.45, 7) is 5.86. The predicted molar refractivity (Wildman–Crippen MR) is 95.7 cm³/mol. The monoisotopic (exact) mass is 366 g/mol. The van der Waals surface area contributed by atoms with Gasteiger partial charge >= 0.3 is 0 Å². The largest absolute Gasteiger partial charge is 0.296 e. The van der Waals surface area contributed by atoms with Crippen molar-refractivity contribution < 1.29 is 4.79 Å². The summed E-state index contributed by atoms with van der Waals surface area (Å²) in [4.78, 5) is 17.9. The van der Waals surface area contributed by atoms with E-state index in [0.29, 0.717) is 10.8 Å². The van der Waals surface area contributed by atoms with Gasteiger partial charge in [0.2, 0.25) is 0 Å². The van der Waals surface area contributed by atoms with Gasteiger partial charge < -0.3 is 0 Å². The molecule has 0 fully saturated rings. The lowest BCUT2D eigenvalue weighted by Crippen LogP contribution is -2.18. The molecule has 5 nitrogen and oxygen atoms in total. The lowest BCUT2D eigenvalue weighted by molar-refractivity contribution is 0.101. The van der Waals surface area contributed by atoms with E-state index in [2.05, 4.69) is 15.4 Å². The molecule has 0 radical (unpaired) electrons. The van der Waals surface area contributed by atoms with Gasteiger partial charge in [-0.1, -0.05) is 11.6 Å². The van der Waals surface area contributed by atoms with Gasteiger partial charge in [0.05, 0.1) is 20.6 Å². The normalized spacial score (nSPS) is 11.2. The van der Waals surface area contributed by atoms with Crippen LogP contribution in [0.1, 0.15) is 36.1 Å². The molecule has 3 aromatic heterocycles. The zero-order valence-electron chi connectivity index (χ0n) is 12.8. The minimum atomic E-state index is -0.204. The second-order valence-electron chi connectivity index (χ2n) is 5.31. The van der Waals surface area contributed by atoms with Gasteiger partial charge in [0.15, 0.2) is 5.13 Å². The van der Waals surface area contributed by atoms with E-state index in [1.54, 1.807) is 10.7 Å². The average molecular weight is 367 g/mol. The first-order valence-electron chi connectivity index (χ1n) is 7.03. The molecule has 0 atom stereocenters. The Morgan fingerprint density at radius 2 is 2.17 bits per heavy atom. The van der Waals surface area contributed by atoms with Crippen LogP contribution in [0.2, 0.25) is 4.34 Å². The third-order valence-corrected chi connectivity index (χ3v) is 5.14. The minimum absolute atomic E-state index is 0.115. The summed E-state index contributed by atoms with van der Waals surface area (Å²) >= 11 is 8.80. The maximum atomic E-state index is 12.5. The zero-order valence-corrected chi connectivity index (χ0v) is 15.2. The molecular weight excluding hydrogens is 352 g/mol. The van der Waals surface area contributed by atoms with Gasteiger partial charge in [-0.15, -0.1) is 22.7 Å². The summed E-state index contributed by atoms with van der Waals surface area (Å²) in [5.74, 6) is -0.204. The van der Waals surface area contributed by atoms with E-state index in [0.717, 1.165) is 20.6 Å². The van der Waals surface area contributed by atoms with Crippen molar-refractivity contribution in [1.29, 1.82) is 0 Å². The number of carbonyl (C=O) groups is 1. The fourth-order valence-electron chi connectivity index (χ4n) is 2.14. The number of aromatic nitrogens is 3. The topological polar surface area (TPSA) is 59.8 Å². The van der Waals surface area contributed by atoms with Crippen LogP contribution in [0.5, 0.6) is 0 Å². The van der Waals surface area contributed by atoms with Gasteiger partial charge in [0, 0.05) is 11.4 Å². The highest BCUT2D eigenvalue weighted by Crippen LogP contribution is 2.33.